The molecule has 1 fully saturated rings. The number of carbonyl (C=O) groups excluding carboxylic acids is 2. The van der Waals surface area contributed by atoms with Crippen molar-refractivity contribution in [1.82, 2.24) is 19.8 Å². The van der Waals surface area contributed by atoms with Crippen molar-refractivity contribution in [2.75, 3.05) is 25.0 Å². The maximum atomic E-state index is 13.9. The van der Waals surface area contributed by atoms with Crippen LogP contribution in [0.25, 0.3) is 11.0 Å². The van der Waals surface area contributed by atoms with Crippen molar-refractivity contribution in [2.45, 2.75) is 26.2 Å². The molecule has 0 saturated carbocycles. The Morgan fingerprint density at radius 3 is 2.62 bits per heavy atom. The summed E-state index contributed by atoms with van der Waals surface area (Å²) >= 11 is 0. The van der Waals surface area contributed by atoms with E-state index in [1.165, 1.54) is 6.07 Å². The number of para-hydroxylation sites is 1. The van der Waals surface area contributed by atoms with Crippen molar-refractivity contribution in [2.24, 2.45) is 13.0 Å². The summed E-state index contributed by atoms with van der Waals surface area (Å²) in [7, 11) is 1.85. The number of aromatic nitrogens is 2. The number of benzene rings is 2. The molecular formula is C24H28FN5O2. The number of nitrogens with zero attached hydrogens (tertiary/aromatic N) is 3. The van der Waals surface area contributed by atoms with Crippen molar-refractivity contribution in [1.29, 1.82) is 0 Å². The van der Waals surface area contributed by atoms with Gasteiger partial charge in [-0.3, -0.25) is 4.79 Å². The predicted octanol–water partition coefficient (Wildman–Crippen LogP) is 3.62. The molecule has 0 atom stereocenters. The molecular weight excluding hydrogens is 409 g/mol. The Kier molecular flexibility index (Phi) is 6.39. The van der Waals surface area contributed by atoms with Crippen molar-refractivity contribution in [3.63, 3.8) is 0 Å². The summed E-state index contributed by atoms with van der Waals surface area (Å²) in [5.74, 6) is 0.268. The van der Waals surface area contributed by atoms with Gasteiger partial charge < -0.3 is 20.1 Å². The van der Waals surface area contributed by atoms with Crippen LogP contribution in [0.1, 0.15) is 24.2 Å². The number of halogens is 1. The molecule has 168 valence electrons. The fraction of sp³-hybridized carbons (Fsp3) is 0.375. The third-order valence-corrected chi connectivity index (χ3v) is 6.03. The first-order valence-corrected chi connectivity index (χ1v) is 10.9. The number of hydrogen-bond acceptors (Lipinski definition) is 3. The highest BCUT2D eigenvalue weighted by Crippen LogP contribution is 2.20. The van der Waals surface area contributed by atoms with Crippen molar-refractivity contribution >= 4 is 28.7 Å². The van der Waals surface area contributed by atoms with Crippen LogP contribution >= 0.6 is 0 Å². The first-order valence-electron chi connectivity index (χ1n) is 10.9. The molecule has 1 saturated heterocycles. The second-order valence-electron chi connectivity index (χ2n) is 8.30. The predicted molar refractivity (Wildman–Crippen MR) is 122 cm³/mol. The van der Waals surface area contributed by atoms with E-state index in [2.05, 4.69) is 15.6 Å². The van der Waals surface area contributed by atoms with Gasteiger partial charge in [-0.1, -0.05) is 18.2 Å². The Morgan fingerprint density at radius 2 is 1.91 bits per heavy atom. The lowest BCUT2D eigenvalue weighted by molar-refractivity contribution is -0.126. The number of hydrogen-bond donors (Lipinski definition) is 2. The summed E-state index contributed by atoms with van der Waals surface area (Å²) in [6.07, 6.45) is 1.78. The Balaban J connectivity index is 1.24. The molecule has 32 heavy (non-hydrogen) atoms. The molecule has 1 aliphatic rings. The van der Waals surface area contributed by atoms with Crippen LogP contribution in [-0.2, 0) is 18.3 Å². The summed E-state index contributed by atoms with van der Waals surface area (Å²) in [6, 6.07) is 12.4. The number of nitrogens with one attached hydrogen (secondary N) is 2. The monoisotopic (exact) mass is 437 g/mol. The van der Waals surface area contributed by atoms with Gasteiger partial charge in [-0.15, -0.1) is 0 Å². The second kappa shape index (κ2) is 9.38. The summed E-state index contributed by atoms with van der Waals surface area (Å²) in [4.78, 5) is 31.2. The molecule has 0 unspecified atom stereocenters. The van der Waals surface area contributed by atoms with Gasteiger partial charge in [0.2, 0.25) is 5.91 Å². The molecule has 0 aliphatic carbocycles. The minimum atomic E-state index is -0.341. The average molecular weight is 438 g/mol. The number of amides is 3. The number of piperidine rings is 1. The fourth-order valence-corrected chi connectivity index (χ4v) is 4.16. The number of rotatable bonds is 5. The van der Waals surface area contributed by atoms with Gasteiger partial charge in [-0.2, -0.15) is 0 Å². The first-order chi connectivity index (χ1) is 15.4. The molecule has 2 heterocycles. The van der Waals surface area contributed by atoms with Gasteiger partial charge in [0.25, 0.3) is 0 Å². The molecule has 1 aromatic heterocycles. The van der Waals surface area contributed by atoms with E-state index in [1.54, 1.807) is 11.0 Å². The smallest absolute Gasteiger partial charge is 0.321 e. The van der Waals surface area contributed by atoms with Crippen LogP contribution < -0.4 is 10.6 Å². The fourth-order valence-electron chi connectivity index (χ4n) is 4.16. The van der Waals surface area contributed by atoms with Crippen LogP contribution in [0.5, 0.6) is 0 Å². The highest BCUT2D eigenvalue weighted by molar-refractivity contribution is 5.89. The van der Waals surface area contributed by atoms with Crippen LogP contribution in [0.4, 0.5) is 14.9 Å². The molecule has 3 amide bonds. The Labute approximate surface area is 186 Å². The highest BCUT2D eigenvalue weighted by atomic mass is 19.1. The first kappa shape index (κ1) is 21.8. The lowest BCUT2D eigenvalue weighted by Crippen LogP contribution is -2.44. The molecule has 2 aromatic carbocycles. The van der Waals surface area contributed by atoms with Gasteiger partial charge in [0.05, 0.1) is 5.52 Å². The van der Waals surface area contributed by atoms with Crippen molar-refractivity contribution < 1.29 is 14.0 Å². The normalized spacial score (nSPS) is 14.5. The summed E-state index contributed by atoms with van der Waals surface area (Å²) in [5.41, 5.74) is 2.95. The zero-order chi connectivity index (χ0) is 22.7. The molecule has 7 nitrogen and oxygen atoms in total. The summed E-state index contributed by atoms with van der Waals surface area (Å²) < 4.78 is 15.8. The number of anilines is 1. The zero-order valence-electron chi connectivity index (χ0n) is 18.4. The van der Waals surface area contributed by atoms with Crippen LogP contribution in [-0.4, -0.2) is 46.0 Å². The van der Waals surface area contributed by atoms with Gasteiger partial charge in [0, 0.05) is 44.7 Å². The SMILES string of the molecule is Cc1cccc(NC(=O)N2CCC(C(=O)NCCc3nc4c(F)cccc4n3C)CC2)c1. The topological polar surface area (TPSA) is 79.3 Å². The van der Waals surface area contributed by atoms with Gasteiger partial charge in [-0.05, 0) is 49.6 Å². The van der Waals surface area contributed by atoms with Crippen LogP contribution in [0.3, 0.4) is 0 Å². The number of imidazole rings is 1. The van der Waals surface area contributed by atoms with Gasteiger partial charge in [-0.25, -0.2) is 14.2 Å². The highest BCUT2D eigenvalue weighted by Gasteiger charge is 2.27. The number of urea groups is 1. The number of carbonyl (C=O) groups is 2. The molecule has 3 aromatic rings. The van der Waals surface area contributed by atoms with E-state index in [4.69, 9.17) is 0 Å². The van der Waals surface area contributed by atoms with Gasteiger partial charge in [0.15, 0.2) is 5.82 Å². The van der Waals surface area contributed by atoms with Crippen molar-refractivity contribution in [3.8, 4) is 0 Å². The molecule has 1 aliphatic heterocycles. The van der Waals surface area contributed by atoms with E-state index in [9.17, 15) is 14.0 Å². The van der Waals surface area contributed by atoms with E-state index in [-0.39, 0.29) is 23.7 Å². The third-order valence-electron chi connectivity index (χ3n) is 6.03. The number of fused-ring (bicyclic) bond motifs is 1. The molecule has 4 rings (SSSR count). The van der Waals surface area contributed by atoms with Crippen LogP contribution in [0.15, 0.2) is 42.5 Å². The minimum absolute atomic E-state index is 0.00585. The van der Waals surface area contributed by atoms with Gasteiger partial charge >= 0.3 is 6.03 Å². The van der Waals surface area contributed by atoms with Crippen LogP contribution in [0, 0.1) is 18.7 Å². The zero-order valence-corrected chi connectivity index (χ0v) is 18.4. The van der Waals surface area contributed by atoms with E-state index < -0.39 is 0 Å². The van der Waals surface area contributed by atoms with E-state index in [0.717, 1.165) is 22.6 Å². The largest absolute Gasteiger partial charge is 0.355 e. The molecule has 0 spiro atoms. The summed E-state index contributed by atoms with van der Waals surface area (Å²) in [5, 5.41) is 5.89. The third kappa shape index (κ3) is 4.74. The Morgan fingerprint density at radius 1 is 1.16 bits per heavy atom. The van der Waals surface area contributed by atoms with Crippen molar-refractivity contribution in [3.05, 3.63) is 59.7 Å². The lowest BCUT2D eigenvalue weighted by Gasteiger charge is -2.31. The average Bonchev–Trinajstić information content (AvgIpc) is 3.11. The Bertz CT molecular complexity index is 1130. The molecule has 0 radical (unpaired) electrons. The van der Waals surface area contributed by atoms with Crippen LogP contribution in [0.2, 0.25) is 0 Å². The minimum Gasteiger partial charge on any atom is -0.355 e. The molecule has 2 N–H and O–H groups in total. The maximum Gasteiger partial charge on any atom is 0.321 e. The molecule has 0 bridgehead atoms. The van der Waals surface area contributed by atoms with E-state index in [0.29, 0.717) is 44.4 Å². The number of aryl methyl sites for hydroxylation is 2. The van der Waals surface area contributed by atoms with E-state index >= 15 is 0 Å². The van der Waals surface area contributed by atoms with Gasteiger partial charge in [0.1, 0.15) is 11.3 Å². The summed E-state index contributed by atoms with van der Waals surface area (Å²) in [6.45, 7) is 3.50. The maximum absolute atomic E-state index is 13.9. The number of likely N-dealkylation sites (tertiary alicyclic amines) is 1. The lowest BCUT2D eigenvalue weighted by atomic mass is 9.96. The standard InChI is InChI=1S/C24H28FN5O2/c1-16-5-3-6-18(15-16)27-24(32)30-13-10-17(11-14-30)23(31)26-12-9-21-28-22-19(25)7-4-8-20(22)29(21)2/h3-8,15,17H,9-14H2,1-2H3,(H,26,31)(H,27,32). The Hall–Kier alpha value is -3.42. The quantitative estimate of drug-likeness (QED) is 0.640. The molecule has 8 heteroatoms. The second-order valence-corrected chi connectivity index (χ2v) is 8.30. The van der Waals surface area contributed by atoms with E-state index in [1.807, 2.05) is 48.9 Å².